The fourth-order valence-corrected chi connectivity index (χ4v) is 4.70. The van der Waals surface area contributed by atoms with E-state index in [-0.39, 0.29) is 6.04 Å². The van der Waals surface area contributed by atoms with E-state index < -0.39 is 0 Å². The Morgan fingerprint density at radius 2 is 1.80 bits per heavy atom. The summed E-state index contributed by atoms with van der Waals surface area (Å²) in [4.78, 5) is 14.7. The monoisotopic (exact) mass is 278 g/mol. The number of hydrogen-bond donors (Lipinski definition) is 1. The Labute approximate surface area is 123 Å². The van der Waals surface area contributed by atoms with Crippen molar-refractivity contribution in [1.29, 1.82) is 0 Å². The minimum atomic E-state index is 0.263. The van der Waals surface area contributed by atoms with Crippen molar-refractivity contribution in [2.75, 3.05) is 13.1 Å². The SMILES string of the molecule is NC1CCCCC1CC(=O)N1CCC2(CCCCC2)C1. The Bertz CT molecular complexity index is 349. The summed E-state index contributed by atoms with van der Waals surface area (Å²) in [5, 5.41) is 0. The van der Waals surface area contributed by atoms with Crippen LogP contribution in [0.25, 0.3) is 0 Å². The van der Waals surface area contributed by atoms with Gasteiger partial charge in [-0.15, -0.1) is 0 Å². The van der Waals surface area contributed by atoms with Crippen LogP contribution in [-0.2, 0) is 4.79 Å². The lowest BCUT2D eigenvalue weighted by Crippen LogP contribution is -2.39. The number of carbonyl (C=O) groups excluding carboxylic acids is 1. The maximum Gasteiger partial charge on any atom is 0.222 e. The van der Waals surface area contributed by atoms with Gasteiger partial charge in [0.2, 0.25) is 5.91 Å². The van der Waals surface area contributed by atoms with Gasteiger partial charge in [0.25, 0.3) is 0 Å². The molecule has 0 radical (unpaired) electrons. The number of amides is 1. The van der Waals surface area contributed by atoms with E-state index in [0.717, 1.165) is 25.9 Å². The number of rotatable bonds is 2. The molecule has 2 saturated carbocycles. The van der Waals surface area contributed by atoms with E-state index in [1.807, 2.05) is 0 Å². The van der Waals surface area contributed by atoms with E-state index in [4.69, 9.17) is 5.73 Å². The highest BCUT2D eigenvalue weighted by molar-refractivity contribution is 5.77. The number of carbonyl (C=O) groups is 1. The molecule has 2 unspecified atom stereocenters. The van der Waals surface area contributed by atoms with Gasteiger partial charge in [-0.05, 0) is 43.4 Å². The van der Waals surface area contributed by atoms with E-state index in [1.165, 1.54) is 51.4 Å². The molecule has 2 aliphatic carbocycles. The number of nitrogens with zero attached hydrogens (tertiary/aromatic N) is 1. The van der Waals surface area contributed by atoms with Gasteiger partial charge in [-0.1, -0.05) is 32.1 Å². The van der Waals surface area contributed by atoms with Crippen LogP contribution < -0.4 is 5.73 Å². The Hall–Kier alpha value is -0.570. The molecule has 0 aromatic heterocycles. The Morgan fingerprint density at radius 1 is 1.05 bits per heavy atom. The van der Waals surface area contributed by atoms with E-state index >= 15 is 0 Å². The van der Waals surface area contributed by atoms with Crippen LogP contribution in [0.2, 0.25) is 0 Å². The fraction of sp³-hybridized carbons (Fsp3) is 0.941. The molecular weight excluding hydrogens is 248 g/mol. The molecule has 2 N–H and O–H groups in total. The molecule has 2 atom stereocenters. The lowest BCUT2D eigenvalue weighted by molar-refractivity contribution is -0.132. The topological polar surface area (TPSA) is 46.3 Å². The number of hydrogen-bond acceptors (Lipinski definition) is 2. The van der Waals surface area contributed by atoms with Gasteiger partial charge in [-0.2, -0.15) is 0 Å². The average Bonchev–Trinajstić information content (AvgIpc) is 2.86. The van der Waals surface area contributed by atoms with Gasteiger partial charge in [-0.3, -0.25) is 4.79 Å². The molecule has 3 nitrogen and oxygen atoms in total. The zero-order valence-corrected chi connectivity index (χ0v) is 12.8. The van der Waals surface area contributed by atoms with Crippen LogP contribution in [0.4, 0.5) is 0 Å². The summed E-state index contributed by atoms with van der Waals surface area (Å²) in [5.41, 5.74) is 6.68. The first kappa shape index (κ1) is 14.4. The highest BCUT2D eigenvalue weighted by Crippen LogP contribution is 2.44. The molecule has 1 saturated heterocycles. The van der Waals surface area contributed by atoms with E-state index in [0.29, 0.717) is 23.7 Å². The van der Waals surface area contributed by atoms with Crippen LogP contribution in [-0.4, -0.2) is 29.9 Å². The molecule has 1 aliphatic heterocycles. The zero-order valence-electron chi connectivity index (χ0n) is 12.8. The van der Waals surface area contributed by atoms with Gasteiger partial charge in [0.15, 0.2) is 0 Å². The first-order valence-electron chi connectivity index (χ1n) is 8.72. The summed E-state index contributed by atoms with van der Waals surface area (Å²) < 4.78 is 0. The highest BCUT2D eigenvalue weighted by Gasteiger charge is 2.40. The third kappa shape index (κ3) is 3.03. The number of likely N-dealkylation sites (tertiary alicyclic amines) is 1. The molecule has 3 heteroatoms. The van der Waals surface area contributed by atoms with Gasteiger partial charge in [-0.25, -0.2) is 0 Å². The van der Waals surface area contributed by atoms with Gasteiger partial charge in [0, 0.05) is 25.6 Å². The molecule has 3 fully saturated rings. The summed E-state index contributed by atoms with van der Waals surface area (Å²) in [5.74, 6) is 0.828. The highest BCUT2D eigenvalue weighted by atomic mass is 16.2. The van der Waals surface area contributed by atoms with Crippen LogP contribution in [0, 0.1) is 11.3 Å². The molecule has 1 amide bonds. The third-order valence-corrected chi connectivity index (χ3v) is 6.11. The van der Waals surface area contributed by atoms with Crippen molar-refractivity contribution < 1.29 is 4.79 Å². The predicted octanol–water partition coefficient (Wildman–Crippen LogP) is 3.08. The Kier molecular flexibility index (Phi) is 4.34. The maximum absolute atomic E-state index is 12.6. The third-order valence-electron chi connectivity index (χ3n) is 6.11. The number of nitrogens with two attached hydrogens (primary N) is 1. The first-order chi connectivity index (χ1) is 9.69. The van der Waals surface area contributed by atoms with Crippen LogP contribution in [0.15, 0.2) is 0 Å². The molecule has 3 rings (SSSR count). The van der Waals surface area contributed by atoms with Crippen molar-refractivity contribution >= 4 is 5.91 Å². The standard InChI is InChI=1S/C17H30N2O/c18-15-7-3-2-6-14(15)12-16(20)19-11-10-17(13-19)8-4-1-5-9-17/h14-15H,1-13,18H2. The lowest BCUT2D eigenvalue weighted by atomic mass is 9.73. The van der Waals surface area contributed by atoms with Crippen molar-refractivity contribution in [3.05, 3.63) is 0 Å². The van der Waals surface area contributed by atoms with Gasteiger partial charge < -0.3 is 10.6 Å². The van der Waals surface area contributed by atoms with E-state index in [1.54, 1.807) is 0 Å². The smallest absolute Gasteiger partial charge is 0.222 e. The second-order valence-corrected chi connectivity index (χ2v) is 7.54. The minimum Gasteiger partial charge on any atom is -0.342 e. The quantitative estimate of drug-likeness (QED) is 0.843. The van der Waals surface area contributed by atoms with Gasteiger partial charge in [0.1, 0.15) is 0 Å². The summed E-state index contributed by atoms with van der Waals surface area (Å²) in [7, 11) is 0. The largest absolute Gasteiger partial charge is 0.342 e. The Balaban J connectivity index is 1.53. The second-order valence-electron chi connectivity index (χ2n) is 7.54. The maximum atomic E-state index is 12.6. The summed E-state index contributed by atoms with van der Waals surface area (Å²) in [6, 6.07) is 0.263. The average molecular weight is 278 g/mol. The summed E-state index contributed by atoms with van der Waals surface area (Å²) in [6.45, 7) is 2.04. The normalized spacial score (nSPS) is 33.5. The zero-order chi connectivity index (χ0) is 14.0. The predicted molar refractivity (Wildman–Crippen MR) is 81.3 cm³/mol. The van der Waals surface area contributed by atoms with Crippen LogP contribution >= 0.6 is 0 Å². The lowest BCUT2D eigenvalue weighted by Gasteiger charge is -2.34. The minimum absolute atomic E-state index is 0.263. The van der Waals surface area contributed by atoms with Crippen molar-refractivity contribution in [3.8, 4) is 0 Å². The molecule has 20 heavy (non-hydrogen) atoms. The molecule has 0 aromatic carbocycles. The fourth-order valence-electron chi connectivity index (χ4n) is 4.70. The molecule has 0 aromatic rings. The molecule has 0 bridgehead atoms. The molecular formula is C17H30N2O. The van der Waals surface area contributed by atoms with Crippen molar-refractivity contribution in [1.82, 2.24) is 4.90 Å². The van der Waals surface area contributed by atoms with Crippen LogP contribution in [0.1, 0.15) is 70.6 Å². The van der Waals surface area contributed by atoms with E-state index in [2.05, 4.69) is 4.90 Å². The molecule has 114 valence electrons. The second kappa shape index (κ2) is 6.05. The first-order valence-corrected chi connectivity index (χ1v) is 8.72. The van der Waals surface area contributed by atoms with Crippen LogP contribution in [0.5, 0.6) is 0 Å². The van der Waals surface area contributed by atoms with Gasteiger partial charge >= 0.3 is 0 Å². The Morgan fingerprint density at radius 3 is 2.55 bits per heavy atom. The summed E-state index contributed by atoms with van der Waals surface area (Å²) >= 11 is 0. The molecule has 1 heterocycles. The van der Waals surface area contributed by atoms with Crippen molar-refractivity contribution in [2.24, 2.45) is 17.1 Å². The molecule has 3 aliphatic rings. The summed E-state index contributed by atoms with van der Waals surface area (Å²) in [6.07, 6.45) is 13.6. The van der Waals surface area contributed by atoms with Crippen molar-refractivity contribution in [3.63, 3.8) is 0 Å². The van der Waals surface area contributed by atoms with E-state index in [9.17, 15) is 4.79 Å². The molecule has 1 spiro atoms. The van der Waals surface area contributed by atoms with Crippen LogP contribution in [0.3, 0.4) is 0 Å². The van der Waals surface area contributed by atoms with Crippen molar-refractivity contribution in [2.45, 2.75) is 76.7 Å². The van der Waals surface area contributed by atoms with Gasteiger partial charge in [0.05, 0.1) is 0 Å².